The number of Topliss-reactive ketones (excluding diaryl/α,β-unsaturated/α-hetero) is 1. The molecule has 4 rings (SSSR count). The molecule has 1 aliphatic rings. The van der Waals surface area contributed by atoms with Gasteiger partial charge in [-0.15, -0.1) is 0 Å². The molecule has 0 saturated heterocycles. The van der Waals surface area contributed by atoms with Crippen molar-refractivity contribution < 1.29 is 19.1 Å². The molecule has 3 heterocycles. The van der Waals surface area contributed by atoms with Gasteiger partial charge < -0.3 is 14.4 Å². The molecule has 29 heavy (non-hydrogen) atoms. The number of nitrogens with zero attached hydrogens (tertiary/aromatic N) is 2. The van der Waals surface area contributed by atoms with Crippen molar-refractivity contribution in [2.24, 2.45) is 0 Å². The Balaban J connectivity index is 1.79. The van der Waals surface area contributed by atoms with Crippen LogP contribution in [0, 0.1) is 0 Å². The summed E-state index contributed by atoms with van der Waals surface area (Å²) in [6.45, 7) is 2.42. The van der Waals surface area contributed by atoms with Gasteiger partial charge in [0.05, 0.1) is 11.3 Å². The van der Waals surface area contributed by atoms with Crippen LogP contribution in [0.15, 0.2) is 64.4 Å². The Hall–Kier alpha value is -3.12. The molecule has 0 bridgehead atoms. The molecule has 2 aromatic heterocycles. The Bertz CT molecular complexity index is 1120. The second kappa shape index (κ2) is 7.72. The number of carbonyl (C=O) groups is 2. The Morgan fingerprint density at radius 3 is 2.83 bits per heavy atom. The topological polar surface area (TPSA) is 83.6 Å². The molecular formula is C22H19ClN2O4. The van der Waals surface area contributed by atoms with Crippen LogP contribution in [-0.2, 0) is 4.79 Å². The molecule has 148 valence electrons. The van der Waals surface area contributed by atoms with Crippen molar-refractivity contribution in [3.05, 3.63) is 76.5 Å². The van der Waals surface area contributed by atoms with Crippen LogP contribution in [0.4, 0.5) is 0 Å². The molecule has 3 aromatic rings. The summed E-state index contributed by atoms with van der Waals surface area (Å²) in [4.78, 5) is 31.9. The molecule has 6 nitrogen and oxygen atoms in total. The summed E-state index contributed by atoms with van der Waals surface area (Å²) in [6.07, 6.45) is 3.21. The number of benzene rings is 1. The van der Waals surface area contributed by atoms with Gasteiger partial charge in [-0.25, -0.2) is 0 Å². The number of aromatic nitrogens is 1. The fourth-order valence-electron chi connectivity index (χ4n) is 3.55. The summed E-state index contributed by atoms with van der Waals surface area (Å²) in [7, 11) is 0. The normalized spacial score (nSPS) is 16.8. The molecule has 7 heteroatoms. The fraction of sp³-hybridized carbons (Fsp3) is 0.227. The van der Waals surface area contributed by atoms with Gasteiger partial charge in [-0.2, -0.15) is 0 Å². The molecule has 1 N–H and O–H groups in total. The van der Waals surface area contributed by atoms with E-state index in [9.17, 15) is 14.7 Å². The quantitative estimate of drug-likeness (QED) is 0.586. The summed E-state index contributed by atoms with van der Waals surface area (Å²) in [5, 5.41) is 11.8. The Morgan fingerprint density at radius 2 is 2.10 bits per heavy atom. The minimum atomic E-state index is -0.764. The van der Waals surface area contributed by atoms with Crippen molar-refractivity contribution in [3.63, 3.8) is 0 Å². The van der Waals surface area contributed by atoms with E-state index in [4.69, 9.17) is 16.0 Å². The zero-order valence-electron chi connectivity index (χ0n) is 15.8. The van der Waals surface area contributed by atoms with E-state index in [1.165, 1.54) is 4.90 Å². The van der Waals surface area contributed by atoms with Crippen molar-refractivity contribution in [3.8, 4) is 0 Å². The SMILES string of the molecule is CCCCN1C(=O)C(O)=C(C(=O)c2cc3cc(Cl)ccc3o2)C1c1ccccn1. The van der Waals surface area contributed by atoms with E-state index in [0.717, 1.165) is 12.8 Å². The van der Waals surface area contributed by atoms with Crippen molar-refractivity contribution in [2.75, 3.05) is 6.54 Å². The minimum Gasteiger partial charge on any atom is -0.503 e. The van der Waals surface area contributed by atoms with Crippen LogP contribution in [0.25, 0.3) is 11.0 Å². The Kier molecular flexibility index (Phi) is 5.11. The first kappa shape index (κ1) is 19.2. The molecule has 1 aromatic carbocycles. The number of halogens is 1. The predicted molar refractivity (Wildman–Crippen MR) is 109 cm³/mol. The molecule has 0 fully saturated rings. The molecule has 1 aliphatic heterocycles. The maximum Gasteiger partial charge on any atom is 0.290 e. The van der Waals surface area contributed by atoms with E-state index in [1.54, 1.807) is 48.7 Å². The second-order valence-corrected chi connectivity index (χ2v) is 7.33. The number of hydrogen-bond donors (Lipinski definition) is 1. The van der Waals surface area contributed by atoms with Crippen LogP contribution in [0.1, 0.15) is 42.1 Å². The highest BCUT2D eigenvalue weighted by molar-refractivity contribution is 6.31. The van der Waals surface area contributed by atoms with Crippen LogP contribution in [-0.4, -0.2) is 33.2 Å². The maximum atomic E-state index is 13.3. The van der Waals surface area contributed by atoms with E-state index >= 15 is 0 Å². The van der Waals surface area contributed by atoms with Crippen molar-refractivity contribution in [1.29, 1.82) is 0 Å². The molecular weight excluding hydrogens is 392 g/mol. The van der Waals surface area contributed by atoms with Crippen molar-refractivity contribution in [2.45, 2.75) is 25.8 Å². The van der Waals surface area contributed by atoms with Gasteiger partial charge >= 0.3 is 0 Å². The van der Waals surface area contributed by atoms with Gasteiger partial charge in [-0.1, -0.05) is 31.0 Å². The van der Waals surface area contributed by atoms with Gasteiger partial charge in [0.25, 0.3) is 5.91 Å². The minimum absolute atomic E-state index is 0.0186. The van der Waals surface area contributed by atoms with Crippen LogP contribution >= 0.6 is 11.6 Å². The third kappa shape index (κ3) is 3.40. The lowest BCUT2D eigenvalue weighted by Gasteiger charge is -2.25. The fourth-order valence-corrected chi connectivity index (χ4v) is 3.73. The lowest BCUT2D eigenvalue weighted by atomic mass is 9.98. The van der Waals surface area contributed by atoms with Crippen LogP contribution in [0.5, 0.6) is 0 Å². The number of aliphatic hydroxyl groups is 1. The summed E-state index contributed by atoms with van der Waals surface area (Å²) in [5.74, 6) is -1.63. The number of hydrogen-bond acceptors (Lipinski definition) is 5. The summed E-state index contributed by atoms with van der Waals surface area (Å²) >= 11 is 6.01. The van der Waals surface area contributed by atoms with Crippen molar-refractivity contribution >= 4 is 34.3 Å². The molecule has 1 unspecified atom stereocenters. The van der Waals surface area contributed by atoms with E-state index in [0.29, 0.717) is 28.2 Å². The first-order valence-electron chi connectivity index (χ1n) is 9.40. The number of rotatable bonds is 6. The monoisotopic (exact) mass is 410 g/mol. The second-order valence-electron chi connectivity index (χ2n) is 6.89. The summed E-state index contributed by atoms with van der Waals surface area (Å²) in [5.41, 5.74) is 0.998. The van der Waals surface area contributed by atoms with E-state index < -0.39 is 23.5 Å². The highest BCUT2D eigenvalue weighted by atomic mass is 35.5. The molecule has 0 saturated carbocycles. The third-order valence-electron chi connectivity index (χ3n) is 4.97. The average molecular weight is 411 g/mol. The first-order chi connectivity index (χ1) is 14.0. The number of furan rings is 1. The molecule has 1 atom stereocenters. The summed E-state index contributed by atoms with van der Waals surface area (Å²) in [6, 6.07) is 11.1. The van der Waals surface area contributed by atoms with E-state index in [1.807, 2.05) is 6.92 Å². The zero-order chi connectivity index (χ0) is 20.5. The number of amides is 1. The van der Waals surface area contributed by atoms with Crippen LogP contribution < -0.4 is 0 Å². The highest BCUT2D eigenvalue weighted by Gasteiger charge is 2.44. The molecule has 0 spiro atoms. The van der Waals surface area contributed by atoms with Gasteiger partial charge in [-0.3, -0.25) is 14.6 Å². The Morgan fingerprint density at radius 1 is 1.28 bits per heavy atom. The zero-order valence-corrected chi connectivity index (χ0v) is 16.5. The van der Waals surface area contributed by atoms with Crippen LogP contribution in [0.2, 0.25) is 5.02 Å². The van der Waals surface area contributed by atoms with Gasteiger partial charge in [0.15, 0.2) is 11.5 Å². The van der Waals surface area contributed by atoms with E-state index in [-0.39, 0.29) is 11.3 Å². The highest BCUT2D eigenvalue weighted by Crippen LogP contribution is 2.39. The first-order valence-corrected chi connectivity index (χ1v) is 9.78. The smallest absolute Gasteiger partial charge is 0.290 e. The Labute approximate surface area is 172 Å². The van der Waals surface area contributed by atoms with Gasteiger partial charge in [0.1, 0.15) is 11.6 Å². The van der Waals surface area contributed by atoms with Gasteiger partial charge in [0.2, 0.25) is 5.78 Å². The van der Waals surface area contributed by atoms with Gasteiger partial charge in [0, 0.05) is 23.2 Å². The number of unbranched alkanes of at least 4 members (excludes halogenated alkanes) is 1. The molecule has 1 amide bonds. The molecule has 0 aliphatic carbocycles. The van der Waals surface area contributed by atoms with Crippen LogP contribution in [0.3, 0.4) is 0 Å². The maximum absolute atomic E-state index is 13.3. The summed E-state index contributed by atoms with van der Waals surface area (Å²) < 4.78 is 5.68. The number of ketones is 1. The number of fused-ring (bicyclic) bond motifs is 1. The van der Waals surface area contributed by atoms with E-state index in [2.05, 4.69) is 4.98 Å². The molecule has 0 radical (unpaired) electrons. The number of aliphatic hydroxyl groups excluding tert-OH is 1. The lowest BCUT2D eigenvalue weighted by molar-refractivity contribution is -0.129. The third-order valence-corrected chi connectivity index (χ3v) is 5.21. The van der Waals surface area contributed by atoms with Gasteiger partial charge in [-0.05, 0) is 42.8 Å². The number of pyridine rings is 1. The largest absolute Gasteiger partial charge is 0.503 e. The number of carbonyl (C=O) groups excluding carboxylic acids is 2. The predicted octanol–water partition coefficient (Wildman–Crippen LogP) is 4.86. The standard InChI is InChI=1S/C22H19ClN2O4/c1-2-3-10-25-19(15-6-4-5-9-24-15)18(21(27)22(25)28)20(26)17-12-13-11-14(23)7-8-16(13)29-17/h4-9,11-12,19,27H,2-3,10H2,1H3. The lowest BCUT2D eigenvalue weighted by Crippen LogP contribution is -2.32. The average Bonchev–Trinajstić information content (AvgIpc) is 3.25. The van der Waals surface area contributed by atoms with Crippen molar-refractivity contribution in [1.82, 2.24) is 9.88 Å².